The first-order valence-electron chi connectivity index (χ1n) is 9.16. The topological polar surface area (TPSA) is 139 Å². The lowest BCUT2D eigenvalue weighted by Gasteiger charge is -2.25. The summed E-state index contributed by atoms with van der Waals surface area (Å²) in [4.78, 5) is 20.0. The number of amides is 2. The quantitative estimate of drug-likeness (QED) is 0.275. The first kappa shape index (κ1) is 22.6. The number of urea groups is 1. The number of nitrogens with one attached hydrogen (secondary N) is 1. The van der Waals surface area contributed by atoms with E-state index in [9.17, 15) is 4.79 Å². The van der Waals surface area contributed by atoms with E-state index in [2.05, 4.69) is 10.2 Å². The van der Waals surface area contributed by atoms with Gasteiger partial charge in [-0.25, -0.2) is 4.79 Å². The molecule has 1 rings (SSSR count). The van der Waals surface area contributed by atoms with Crippen molar-refractivity contribution in [3.05, 3.63) is 0 Å². The maximum Gasteiger partial charge on any atom is 0.320 e. The van der Waals surface area contributed by atoms with Crippen LogP contribution in [0.25, 0.3) is 0 Å². The highest BCUT2D eigenvalue weighted by atomic mass is 16.2. The van der Waals surface area contributed by atoms with Gasteiger partial charge in [0, 0.05) is 65.4 Å². The zero-order valence-electron chi connectivity index (χ0n) is 15.8. The predicted octanol–water partition coefficient (Wildman–Crippen LogP) is -1.55. The molecule has 0 aromatic rings. The highest BCUT2D eigenvalue weighted by Gasteiger charge is 2.28. The summed E-state index contributed by atoms with van der Waals surface area (Å²) in [6.45, 7) is 7.23. The minimum absolute atomic E-state index is 0.000769. The van der Waals surface area contributed by atoms with Crippen LogP contribution < -0.4 is 11.1 Å². The van der Waals surface area contributed by atoms with Gasteiger partial charge in [0.1, 0.15) is 0 Å². The molecule has 2 amide bonds. The van der Waals surface area contributed by atoms with Crippen molar-refractivity contribution in [3.63, 3.8) is 0 Å². The Bertz CT molecular complexity index is 546. The lowest BCUT2D eigenvalue weighted by Crippen LogP contribution is -2.43. The van der Waals surface area contributed by atoms with Gasteiger partial charge in [-0.15, -0.1) is 0 Å². The summed E-state index contributed by atoms with van der Waals surface area (Å²) in [5, 5.41) is 29.1. The molecule has 1 heterocycles. The number of rotatable bonds is 14. The Hall–Kier alpha value is -2.42. The van der Waals surface area contributed by atoms with Crippen molar-refractivity contribution >= 4 is 6.03 Å². The summed E-state index contributed by atoms with van der Waals surface area (Å²) in [6.07, 6.45) is 0. The van der Waals surface area contributed by atoms with E-state index in [0.717, 1.165) is 19.6 Å². The molecule has 1 aliphatic heterocycles. The number of hydrogen-bond acceptors (Lipinski definition) is 8. The Morgan fingerprint density at radius 3 is 2.04 bits per heavy atom. The van der Waals surface area contributed by atoms with E-state index in [1.807, 2.05) is 23.1 Å². The van der Waals surface area contributed by atoms with E-state index in [0.29, 0.717) is 52.4 Å². The summed E-state index contributed by atoms with van der Waals surface area (Å²) in [6, 6.07) is 6.12. The van der Waals surface area contributed by atoms with Crippen molar-refractivity contribution < 1.29 is 4.79 Å². The van der Waals surface area contributed by atoms with Crippen LogP contribution in [0, 0.1) is 34.0 Å². The molecule has 0 radical (unpaired) electrons. The second-order valence-electron chi connectivity index (χ2n) is 6.25. The zero-order chi connectivity index (χ0) is 19.9. The lowest BCUT2D eigenvalue weighted by atomic mass is 10.4. The number of nitrogens with zero attached hydrogens (tertiary/aromatic N) is 7. The molecular weight excluding hydrogens is 346 g/mol. The fourth-order valence-electron chi connectivity index (χ4n) is 2.89. The average Bonchev–Trinajstić information content (AvgIpc) is 3.01. The molecule has 10 heteroatoms. The minimum Gasteiger partial charge on any atom is -0.329 e. The monoisotopic (exact) mass is 375 g/mol. The average molecular weight is 375 g/mol. The van der Waals surface area contributed by atoms with Crippen LogP contribution in [0.2, 0.25) is 0 Å². The van der Waals surface area contributed by atoms with Crippen LogP contribution in [0.4, 0.5) is 4.79 Å². The molecule has 0 spiro atoms. The fraction of sp³-hybridized carbons (Fsp3) is 0.765. The van der Waals surface area contributed by atoms with Crippen molar-refractivity contribution in [2.45, 2.75) is 0 Å². The van der Waals surface area contributed by atoms with E-state index in [4.69, 9.17) is 21.5 Å². The minimum atomic E-state index is -0.000769. The molecule has 0 aromatic heterocycles. The largest absolute Gasteiger partial charge is 0.329 e. The van der Waals surface area contributed by atoms with Gasteiger partial charge in [-0.2, -0.15) is 15.8 Å². The third-order valence-electron chi connectivity index (χ3n) is 4.40. The summed E-state index contributed by atoms with van der Waals surface area (Å²) < 4.78 is 0. The number of nitrogens with two attached hydrogens (primary N) is 1. The highest BCUT2D eigenvalue weighted by molar-refractivity contribution is 5.76. The third-order valence-corrected chi connectivity index (χ3v) is 4.40. The Morgan fingerprint density at radius 2 is 1.52 bits per heavy atom. The van der Waals surface area contributed by atoms with Crippen LogP contribution in [0.3, 0.4) is 0 Å². The molecule has 0 unspecified atom stereocenters. The van der Waals surface area contributed by atoms with Crippen LogP contribution in [0.5, 0.6) is 0 Å². The SMILES string of the molecule is N#CCNCCN(CCN)CCN1CCN(CCN(CC#N)CC#N)C1=O. The van der Waals surface area contributed by atoms with Crippen molar-refractivity contribution in [1.29, 1.82) is 15.8 Å². The number of hydrogen-bond donors (Lipinski definition) is 2. The van der Waals surface area contributed by atoms with Crippen LogP contribution in [0.1, 0.15) is 0 Å². The van der Waals surface area contributed by atoms with Gasteiger partial charge < -0.3 is 20.9 Å². The standard InChI is InChI=1S/C17H29N9O/c18-1-5-22-6-10-24(9-4-21)12-14-26-16-15-25(17(26)27)13-11-23(7-2-19)8-3-20/h22H,4-16,21H2. The fourth-order valence-corrected chi connectivity index (χ4v) is 2.89. The molecule has 1 fully saturated rings. The van der Waals surface area contributed by atoms with Crippen LogP contribution >= 0.6 is 0 Å². The second-order valence-corrected chi connectivity index (χ2v) is 6.25. The van der Waals surface area contributed by atoms with Gasteiger partial charge in [0.2, 0.25) is 0 Å². The van der Waals surface area contributed by atoms with Crippen molar-refractivity contribution in [2.24, 2.45) is 5.73 Å². The second kappa shape index (κ2) is 13.7. The van der Waals surface area contributed by atoms with E-state index in [-0.39, 0.29) is 19.1 Å². The molecule has 1 aliphatic rings. The van der Waals surface area contributed by atoms with Crippen LogP contribution in [-0.4, -0.2) is 111 Å². The van der Waals surface area contributed by atoms with Gasteiger partial charge in [0.15, 0.2) is 0 Å². The number of carbonyl (C=O) groups is 1. The normalized spacial score (nSPS) is 13.9. The first-order chi connectivity index (χ1) is 13.2. The highest BCUT2D eigenvalue weighted by Crippen LogP contribution is 2.08. The Morgan fingerprint density at radius 1 is 0.926 bits per heavy atom. The molecule has 0 atom stereocenters. The molecular formula is C17H29N9O. The molecule has 0 aliphatic carbocycles. The summed E-state index contributed by atoms with van der Waals surface area (Å²) in [5.74, 6) is 0. The maximum absolute atomic E-state index is 12.5. The first-order valence-corrected chi connectivity index (χ1v) is 9.16. The van der Waals surface area contributed by atoms with Crippen molar-refractivity contribution in [1.82, 2.24) is 24.9 Å². The predicted molar refractivity (Wildman–Crippen MR) is 100 cm³/mol. The Balaban J connectivity index is 2.37. The van der Waals surface area contributed by atoms with E-state index >= 15 is 0 Å². The number of nitriles is 3. The maximum atomic E-state index is 12.5. The molecule has 0 saturated carbocycles. The molecule has 3 N–H and O–H groups in total. The van der Waals surface area contributed by atoms with Crippen LogP contribution in [-0.2, 0) is 0 Å². The van der Waals surface area contributed by atoms with Gasteiger partial charge >= 0.3 is 6.03 Å². The van der Waals surface area contributed by atoms with E-state index < -0.39 is 0 Å². The summed E-state index contributed by atoms with van der Waals surface area (Å²) in [5.41, 5.74) is 5.66. The van der Waals surface area contributed by atoms with Crippen LogP contribution in [0.15, 0.2) is 0 Å². The van der Waals surface area contributed by atoms with Gasteiger partial charge in [0.25, 0.3) is 0 Å². The smallest absolute Gasteiger partial charge is 0.320 e. The third kappa shape index (κ3) is 8.67. The summed E-state index contributed by atoms with van der Waals surface area (Å²) >= 11 is 0. The molecule has 27 heavy (non-hydrogen) atoms. The Kier molecular flexibility index (Phi) is 11.5. The molecule has 10 nitrogen and oxygen atoms in total. The van der Waals surface area contributed by atoms with Crippen molar-refractivity contribution in [3.8, 4) is 18.2 Å². The zero-order valence-corrected chi connectivity index (χ0v) is 15.8. The van der Waals surface area contributed by atoms with Gasteiger partial charge in [-0.3, -0.25) is 9.80 Å². The molecule has 1 saturated heterocycles. The molecule has 0 bridgehead atoms. The molecule has 148 valence electrons. The Labute approximate surface area is 161 Å². The van der Waals surface area contributed by atoms with Crippen molar-refractivity contribution in [2.75, 3.05) is 85.1 Å². The molecule has 0 aromatic carbocycles. The number of carbonyl (C=O) groups excluding carboxylic acids is 1. The van der Waals surface area contributed by atoms with Gasteiger partial charge in [-0.1, -0.05) is 0 Å². The lowest BCUT2D eigenvalue weighted by molar-refractivity contribution is 0.178. The van der Waals surface area contributed by atoms with E-state index in [1.165, 1.54) is 0 Å². The van der Waals surface area contributed by atoms with Gasteiger partial charge in [-0.05, 0) is 0 Å². The van der Waals surface area contributed by atoms with E-state index in [1.54, 1.807) is 9.80 Å². The summed E-state index contributed by atoms with van der Waals surface area (Å²) in [7, 11) is 0. The van der Waals surface area contributed by atoms with Gasteiger partial charge in [0.05, 0.1) is 37.8 Å².